The maximum absolute atomic E-state index is 14.4. The van der Waals surface area contributed by atoms with Crippen LogP contribution in [0.5, 0.6) is 5.75 Å². The molecular formula is C27H27F4N5O4S. The topological polar surface area (TPSA) is 140 Å². The van der Waals surface area contributed by atoms with Crippen molar-refractivity contribution in [2.45, 2.75) is 57.3 Å². The standard InChI is InChI=1S/C27H27F4N5O4S/c1-16-24(26(37)34-23-5-3-2-4-22(23)33)35-25(18-12-17(15-32)13-19(28)14-18)36(16)20-6-8-21(9-7-20)40-41(38,39)11-10-27(29,30)31/h6-9,12-14,22-23H,2-5,10-11,33H2,1H3,(H,34,37). The van der Waals surface area contributed by atoms with Crippen molar-refractivity contribution in [2.24, 2.45) is 5.73 Å². The summed E-state index contributed by atoms with van der Waals surface area (Å²) in [6.07, 6.45) is -2.86. The molecule has 0 saturated heterocycles. The van der Waals surface area contributed by atoms with E-state index in [0.717, 1.165) is 31.4 Å². The van der Waals surface area contributed by atoms with Crippen LogP contribution in [-0.2, 0) is 10.1 Å². The van der Waals surface area contributed by atoms with Gasteiger partial charge < -0.3 is 15.2 Å². The highest BCUT2D eigenvalue weighted by atomic mass is 32.2. The third kappa shape index (κ3) is 7.42. The van der Waals surface area contributed by atoms with Crippen molar-refractivity contribution in [1.82, 2.24) is 14.9 Å². The zero-order valence-electron chi connectivity index (χ0n) is 21.9. The lowest BCUT2D eigenvalue weighted by molar-refractivity contribution is -0.130. The first kappa shape index (κ1) is 30.0. The Morgan fingerprint density at radius 1 is 1.20 bits per heavy atom. The molecule has 0 spiro atoms. The third-order valence-corrected chi connectivity index (χ3v) is 7.85. The highest BCUT2D eigenvalue weighted by molar-refractivity contribution is 7.87. The first-order valence-corrected chi connectivity index (χ1v) is 14.3. The van der Waals surface area contributed by atoms with E-state index in [1.165, 1.54) is 34.9 Å². The molecule has 1 fully saturated rings. The number of benzene rings is 2. The Bertz CT molecular complexity index is 1580. The number of amides is 1. The summed E-state index contributed by atoms with van der Waals surface area (Å²) in [6, 6.07) is 10.3. The molecule has 0 bridgehead atoms. The van der Waals surface area contributed by atoms with Gasteiger partial charge in [-0.05, 0) is 62.2 Å². The summed E-state index contributed by atoms with van der Waals surface area (Å²) in [7, 11) is -4.52. The van der Waals surface area contributed by atoms with Gasteiger partial charge in [0.1, 0.15) is 23.1 Å². The van der Waals surface area contributed by atoms with E-state index in [4.69, 9.17) is 9.92 Å². The molecular weight excluding hydrogens is 566 g/mol. The number of carbonyl (C=O) groups excluding carboxylic acids is 1. The number of carbonyl (C=O) groups is 1. The van der Waals surface area contributed by atoms with Gasteiger partial charge in [0.2, 0.25) is 0 Å². The Morgan fingerprint density at radius 2 is 1.88 bits per heavy atom. The minimum Gasteiger partial charge on any atom is -0.382 e. The van der Waals surface area contributed by atoms with Crippen LogP contribution in [-0.4, -0.2) is 47.9 Å². The Morgan fingerprint density at radius 3 is 2.51 bits per heavy atom. The second-order valence-corrected chi connectivity index (χ2v) is 11.5. The van der Waals surface area contributed by atoms with Gasteiger partial charge in [-0.3, -0.25) is 9.36 Å². The summed E-state index contributed by atoms with van der Waals surface area (Å²) in [5, 5.41) is 12.3. The van der Waals surface area contributed by atoms with Crippen LogP contribution in [0.2, 0.25) is 0 Å². The van der Waals surface area contributed by atoms with E-state index < -0.39 is 40.2 Å². The number of aromatic nitrogens is 2. The first-order valence-electron chi connectivity index (χ1n) is 12.7. The van der Waals surface area contributed by atoms with Crippen LogP contribution in [0.15, 0.2) is 42.5 Å². The number of nitrogens with one attached hydrogen (secondary N) is 1. The number of rotatable bonds is 8. The summed E-state index contributed by atoms with van der Waals surface area (Å²) in [5.74, 6) is -2.52. The van der Waals surface area contributed by atoms with Crippen molar-refractivity contribution in [1.29, 1.82) is 5.26 Å². The largest absolute Gasteiger partial charge is 0.390 e. The maximum Gasteiger partial charge on any atom is 0.390 e. The number of halogens is 4. The number of hydrogen-bond acceptors (Lipinski definition) is 7. The van der Waals surface area contributed by atoms with Crippen LogP contribution < -0.4 is 15.2 Å². The fraction of sp³-hybridized carbons (Fsp3) is 0.370. The van der Waals surface area contributed by atoms with Crippen LogP contribution in [0, 0.1) is 24.1 Å². The number of imidazole rings is 1. The molecule has 1 amide bonds. The van der Waals surface area contributed by atoms with Gasteiger partial charge in [0.15, 0.2) is 0 Å². The lowest BCUT2D eigenvalue weighted by Crippen LogP contribution is -2.49. The molecule has 2 atom stereocenters. The SMILES string of the molecule is Cc1c(C(=O)NC2CCCCC2N)nc(-c2cc(F)cc(C#N)c2)n1-c1ccc(OS(=O)(=O)CCC(F)(F)F)cc1. The van der Waals surface area contributed by atoms with Gasteiger partial charge in [0, 0.05) is 23.3 Å². The van der Waals surface area contributed by atoms with E-state index >= 15 is 0 Å². The van der Waals surface area contributed by atoms with Crippen LogP contribution >= 0.6 is 0 Å². The van der Waals surface area contributed by atoms with Gasteiger partial charge in [0.25, 0.3) is 5.91 Å². The van der Waals surface area contributed by atoms with Gasteiger partial charge >= 0.3 is 16.3 Å². The molecule has 9 nitrogen and oxygen atoms in total. The molecule has 3 aromatic rings. The predicted octanol–water partition coefficient (Wildman–Crippen LogP) is 4.52. The zero-order valence-corrected chi connectivity index (χ0v) is 22.7. The zero-order chi connectivity index (χ0) is 29.9. The normalized spacial score (nSPS) is 17.6. The minimum atomic E-state index is -4.66. The van der Waals surface area contributed by atoms with Crippen LogP contribution in [0.4, 0.5) is 17.6 Å². The summed E-state index contributed by atoms with van der Waals surface area (Å²) < 4.78 is 82.1. The number of nitriles is 1. The molecule has 0 aliphatic heterocycles. The molecule has 2 aromatic carbocycles. The summed E-state index contributed by atoms with van der Waals surface area (Å²) in [6.45, 7) is 1.61. The van der Waals surface area contributed by atoms with Crippen molar-refractivity contribution >= 4 is 16.0 Å². The fourth-order valence-electron chi connectivity index (χ4n) is 4.66. The molecule has 1 aliphatic rings. The number of alkyl halides is 3. The maximum atomic E-state index is 14.4. The van der Waals surface area contributed by atoms with Crippen LogP contribution in [0.25, 0.3) is 17.1 Å². The van der Waals surface area contributed by atoms with Gasteiger partial charge in [-0.2, -0.15) is 26.9 Å². The smallest absolute Gasteiger partial charge is 0.382 e. The van der Waals surface area contributed by atoms with E-state index in [2.05, 4.69) is 10.3 Å². The van der Waals surface area contributed by atoms with Crippen molar-refractivity contribution < 1.29 is 35.0 Å². The monoisotopic (exact) mass is 593 g/mol. The van der Waals surface area contributed by atoms with E-state index in [1.54, 1.807) is 6.92 Å². The van der Waals surface area contributed by atoms with Crippen molar-refractivity contribution in [2.75, 3.05) is 5.75 Å². The lowest BCUT2D eigenvalue weighted by Gasteiger charge is -2.29. The molecule has 2 unspecified atom stereocenters. The minimum absolute atomic E-state index is 0.0270. The van der Waals surface area contributed by atoms with Crippen molar-refractivity contribution in [3.8, 4) is 28.9 Å². The number of hydrogen-bond donors (Lipinski definition) is 2. The Labute approximate surface area is 234 Å². The van der Waals surface area contributed by atoms with Crippen molar-refractivity contribution in [3.63, 3.8) is 0 Å². The predicted molar refractivity (Wildman–Crippen MR) is 141 cm³/mol. The van der Waals surface area contributed by atoms with Crippen LogP contribution in [0.3, 0.4) is 0 Å². The molecule has 1 saturated carbocycles. The van der Waals surface area contributed by atoms with E-state index in [1.807, 2.05) is 6.07 Å². The number of nitrogens with two attached hydrogens (primary N) is 1. The highest BCUT2D eigenvalue weighted by Crippen LogP contribution is 2.30. The molecule has 1 aromatic heterocycles. The average molecular weight is 594 g/mol. The molecule has 4 rings (SSSR count). The third-order valence-electron chi connectivity index (χ3n) is 6.70. The van der Waals surface area contributed by atoms with Gasteiger partial charge in [-0.25, -0.2) is 9.37 Å². The van der Waals surface area contributed by atoms with Crippen molar-refractivity contribution in [3.05, 3.63) is 65.2 Å². The molecule has 1 aliphatic carbocycles. The first-order chi connectivity index (χ1) is 19.3. The Balaban J connectivity index is 1.71. The fourth-order valence-corrected chi connectivity index (χ4v) is 5.63. The number of nitrogens with zero attached hydrogens (tertiary/aromatic N) is 3. The van der Waals surface area contributed by atoms with Gasteiger partial charge in [0.05, 0.1) is 29.5 Å². The molecule has 1 heterocycles. The van der Waals surface area contributed by atoms with Gasteiger partial charge in [-0.1, -0.05) is 12.8 Å². The molecule has 41 heavy (non-hydrogen) atoms. The van der Waals surface area contributed by atoms with E-state index in [-0.39, 0.29) is 40.5 Å². The molecule has 14 heteroatoms. The second-order valence-electron chi connectivity index (χ2n) is 9.78. The molecule has 3 N–H and O–H groups in total. The average Bonchev–Trinajstić information content (AvgIpc) is 3.25. The molecule has 218 valence electrons. The second kappa shape index (κ2) is 11.9. The Hall–Kier alpha value is -3.96. The summed E-state index contributed by atoms with van der Waals surface area (Å²) in [5.41, 5.74) is 7.17. The lowest BCUT2D eigenvalue weighted by atomic mass is 9.91. The van der Waals surface area contributed by atoms with E-state index in [0.29, 0.717) is 17.8 Å². The Kier molecular flexibility index (Phi) is 8.69. The van der Waals surface area contributed by atoms with E-state index in [9.17, 15) is 36.0 Å². The van der Waals surface area contributed by atoms with Gasteiger partial charge in [-0.15, -0.1) is 0 Å². The van der Waals surface area contributed by atoms with Crippen LogP contribution in [0.1, 0.15) is 53.8 Å². The highest BCUT2D eigenvalue weighted by Gasteiger charge is 2.31. The summed E-state index contributed by atoms with van der Waals surface area (Å²) >= 11 is 0. The quantitative estimate of drug-likeness (QED) is 0.289. The summed E-state index contributed by atoms with van der Waals surface area (Å²) in [4.78, 5) is 17.8. The molecule has 0 radical (unpaired) electrons.